The molecule has 14 heavy (non-hydrogen) atoms. The summed E-state index contributed by atoms with van der Waals surface area (Å²) in [6.45, 7) is 6.17. The third-order valence-corrected chi connectivity index (χ3v) is 2.15. The fourth-order valence-electron chi connectivity index (χ4n) is 1.37. The van der Waals surface area contributed by atoms with Gasteiger partial charge in [0.2, 0.25) is 0 Å². The van der Waals surface area contributed by atoms with Crippen molar-refractivity contribution in [1.82, 2.24) is 9.55 Å². The number of aliphatic hydroxyl groups excluding tert-OH is 1. The average Bonchev–Trinajstić information content (AvgIpc) is 2.10. The zero-order valence-corrected chi connectivity index (χ0v) is 8.82. The normalized spacial score (nSPS) is 12.9. The Morgan fingerprint density at radius 2 is 2.21 bits per heavy atom. The maximum absolute atomic E-state index is 11.5. The van der Waals surface area contributed by atoms with Gasteiger partial charge in [0.15, 0.2) is 0 Å². The highest BCUT2D eigenvalue weighted by Crippen LogP contribution is 2.01. The smallest absolute Gasteiger partial charge is 0.347 e. The van der Waals surface area contributed by atoms with Crippen LogP contribution in [0, 0.1) is 19.8 Å². The summed E-state index contributed by atoms with van der Waals surface area (Å²) in [6.07, 6.45) is 0. The molecule has 0 spiro atoms. The fraction of sp³-hybridized carbons (Fsp3) is 0.600. The molecule has 1 atom stereocenters. The van der Waals surface area contributed by atoms with Crippen LogP contribution in [0.25, 0.3) is 0 Å². The highest BCUT2D eigenvalue weighted by atomic mass is 16.3. The van der Waals surface area contributed by atoms with Crippen LogP contribution >= 0.6 is 0 Å². The van der Waals surface area contributed by atoms with Crippen molar-refractivity contribution < 1.29 is 5.11 Å². The number of nitrogens with zero attached hydrogens (tertiary/aromatic N) is 2. The number of hydrogen-bond donors (Lipinski definition) is 1. The Morgan fingerprint density at radius 3 is 2.71 bits per heavy atom. The van der Waals surface area contributed by atoms with E-state index in [9.17, 15) is 4.79 Å². The van der Waals surface area contributed by atoms with Crippen molar-refractivity contribution in [3.05, 3.63) is 27.9 Å². The van der Waals surface area contributed by atoms with Crippen LogP contribution in [0.5, 0.6) is 0 Å². The number of hydrogen-bond acceptors (Lipinski definition) is 3. The Balaban J connectivity index is 3.03. The third kappa shape index (κ3) is 2.42. The lowest BCUT2D eigenvalue weighted by Crippen LogP contribution is -2.28. The fourth-order valence-corrected chi connectivity index (χ4v) is 1.37. The van der Waals surface area contributed by atoms with Crippen LogP contribution in [0.15, 0.2) is 10.9 Å². The van der Waals surface area contributed by atoms with E-state index in [0.717, 1.165) is 11.4 Å². The third-order valence-electron chi connectivity index (χ3n) is 2.15. The summed E-state index contributed by atoms with van der Waals surface area (Å²) in [6, 6.07) is 1.87. The van der Waals surface area contributed by atoms with E-state index in [-0.39, 0.29) is 18.2 Å². The van der Waals surface area contributed by atoms with Crippen LogP contribution in [0.2, 0.25) is 0 Å². The molecule has 78 valence electrons. The molecular formula is C10H16N2O2. The zero-order chi connectivity index (χ0) is 10.7. The molecule has 1 unspecified atom stereocenters. The minimum atomic E-state index is -0.234. The minimum absolute atomic E-state index is 0.0795. The van der Waals surface area contributed by atoms with Crippen molar-refractivity contribution in [2.45, 2.75) is 27.3 Å². The van der Waals surface area contributed by atoms with Gasteiger partial charge in [-0.3, -0.25) is 4.57 Å². The zero-order valence-electron chi connectivity index (χ0n) is 8.82. The van der Waals surface area contributed by atoms with Gasteiger partial charge in [0, 0.05) is 24.5 Å². The monoisotopic (exact) mass is 196 g/mol. The first kappa shape index (κ1) is 10.9. The first-order valence-corrected chi connectivity index (χ1v) is 4.70. The van der Waals surface area contributed by atoms with E-state index in [0.29, 0.717) is 6.54 Å². The molecular weight excluding hydrogens is 180 g/mol. The maximum Gasteiger partial charge on any atom is 0.347 e. The van der Waals surface area contributed by atoms with Crippen LogP contribution in [-0.2, 0) is 6.54 Å². The lowest BCUT2D eigenvalue weighted by Gasteiger charge is -2.13. The lowest BCUT2D eigenvalue weighted by atomic mass is 10.2. The standard InChI is InChI=1S/C10H16N2O2/c1-7(6-13)5-12-9(3)4-8(2)11-10(12)14/h4,7,13H,5-6H2,1-3H3. The second kappa shape index (κ2) is 4.37. The van der Waals surface area contributed by atoms with E-state index in [1.54, 1.807) is 11.5 Å². The number of rotatable bonds is 3. The molecule has 0 saturated carbocycles. The van der Waals surface area contributed by atoms with Gasteiger partial charge in [0.05, 0.1) is 0 Å². The van der Waals surface area contributed by atoms with Crippen LogP contribution < -0.4 is 5.69 Å². The average molecular weight is 196 g/mol. The van der Waals surface area contributed by atoms with Crippen molar-refractivity contribution in [3.63, 3.8) is 0 Å². The Kier molecular flexibility index (Phi) is 3.41. The molecule has 0 aromatic carbocycles. The van der Waals surface area contributed by atoms with Gasteiger partial charge >= 0.3 is 5.69 Å². The predicted octanol–water partition coefficient (Wildman–Crippen LogP) is 0.489. The van der Waals surface area contributed by atoms with E-state index in [1.165, 1.54) is 0 Å². The molecule has 1 heterocycles. The van der Waals surface area contributed by atoms with Crippen LogP contribution in [0.1, 0.15) is 18.3 Å². The van der Waals surface area contributed by atoms with Crippen molar-refractivity contribution in [2.75, 3.05) is 6.61 Å². The minimum Gasteiger partial charge on any atom is -0.396 e. The number of aryl methyl sites for hydroxylation is 2. The summed E-state index contributed by atoms with van der Waals surface area (Å²) in [5.74, 6) is 0.0795. The lowest BCUT2D eigenvalue weighted by molar-refractivity contribution is 0.220. The van der Waals surface area contributed by atoms with E-state index < -0.39 is 0 Å². The highest BCUT2D eigenvalue weighted by Gasteiger charge is 2.06. The second-order valence-corrected chi connectivity index (χ2v) is 3.72. The second-order valence-electron chi connectivity index (χ2n) is 3.72. The summed E-state index contributed by atoms with van der Waals surface area (Å²) in [5.41, 5.74) is 1.39. The summed E-state index contributed by atoms with van der Waals surface area (Å²) >= 11 is 0. The van der Waals surface area contributed by atoms with Gasteiger partial charge in [0.1, 0.15) is 0 Å². The van der Waals surface area contributed by atoms with E-state index >= 15 is 0 Å². The van der Waals surface area contributed by atoms with Crippen molar-refractivity contribution in [1.29, 1.82) is 0 Å². The largest absolute Gasteiger partial charge is 0.396 e. The molecule has 0 fully saturated rings. The van der Waals surface area contributed by atoms with Crippen molar-refractivity contribution >= 4 is 0 Å². The molecule has 0 radical (unpaired) electrons. The molecule has 1 aromatic heterocycles. The summed E-state index contributed by atoms with van der Waals surface area (Å²) in [7, 11) is 0. The molecule has 0 amide bonds. The molecule has 0 aliphatic carbocycles. The molecule has 0 bridgehead atoms. The molecule has 0 aliphatic heterocycles. The topological polar surface area (TPSA) is 55.1 Å². The maximum atomic E-state index is 11.5. The Bertz CT molecular complexity index is 371. The first-order chi connectivity index (χ1) is 6.54. The molecule has 4 heteroatoms. The Labute approximate surface area is 83.2 Å². The highest BCUT2D eigenvalue weighted by molar-refractivity contribution is 5.06. The van der Waals surface area contributed by atoms with E-state index in [4.69, 9.17) is 5.11 Å². The SMILES string of the molecule is Cc1cc(C)n(CC(C)CO)c(=O)n1. The Hall–Kier alpha value is -1.16. The van der Waals surface area contributed by atoms with Gasteiger partial charge < -0.3 is 5.11 Å². The number of aromatic nitrogens is 2. The molecule has 1 rings (SSSR count). The van der Waals surface area contributed by atoms with E-state index in [2.05, 4.69) is 4.98 Å². The van der Waals surface area contributed by atoms with Crippen LogP contribution in [0.3, 0.4) is 0 Å². The van der Waals surface area contributed by atoms with Gasteiger partial charge in [-0.25, -0.2) is 4.79 Å². The quantitative estimate of drug-likeness (QED) is 0.765. The first-order valence-electron chi connectivity index (χ1n) is 4.70. The van der Waals surface area contributed by atoms with Gasteiger partial charge in [0.25, 0.3) is 0 Å². The summed E-state index contributed by atoms with van der Waals surface area (Å²) < 4.78 is 1.59. The van der Waals surface area contributed by atoms with Gasteiger partial charge in [-0.1, -0.05) is 6.92 Å². The molecule has 0 saturated heterocycles. The van der Waals surface area contributed by atoms with Gasteiger partial charge in [-0.2, -0.15) is 4.98 Å². The van der Waals surface area contributed by atoms with Crippen molar-refractivity contribution in [2.24, 2.45) is 5.92 Å². The molecule has 1 N–H and O–H groups in total. The van der Waals surface area contributed by atoms with Gasteiger partial charge in [-0.15, -0.1) is 0 Å². The van der Waals surface area contributed by atoms with Gasteiger partial charge in [-0.05, 0) is 25.8 Å². The Morgan fingerprint density at radius 1 is 1.57 bits per heavy atom. The predicted molar refractivity (Wildman–Crippen MR) is 54.2 cm³/mol. The van der Waals surface area contributed by atoms with E-state index in [1.807, 2.05) is 19.9 Å². The molecule has 1 aromatic rings. The summed E-state index contributed by atoms with van der Waals surface area (Å²) in [4.78, 5) is 15.3. The summed E-state index contributed by atoms with van der Waals surface area (Å²) in [5, 5.41) is 8.90. The van der Waals surface area contributed by atoms with Crippen molar-refractivity contribution in [3.8, 4) is 0 Å². The number of aliphatic hydroxyl groups is 1. The molecule has 0 aliphatic rings. The van der Waals surface area contributed by atoms with Crippen LogP contribution in [-0.4, -0.2) is 21.3 Å². The van der Waals surface area contributed by atoms with Crippen LogP contribution in [0.4, 0.5) is 0 Å². The molecule has 4 nitrogen and oxygen atoms in total.